The molecule has 1 aliphatic rings. The van der Waals surface area contributed by atoms with E-state index in [0.29, 0.717) is 0 Å². The maximum atomic E-state index is 6.26. The van der Waals surface area contributed by atoms with E-state index in [-0.39, 0.29) is 5.54 Å². The van der Waals surface area contributed by atoms with Crippen molar-refractivity contribution in [3.05, 3.63) is 33.8 Å². The monoisotopic (exact) mass is 223 g/mol. The Morgan fingerprint density at radius 1 is 1.33 bits per heavy atom. The molecule has 0 unspecified atom stereocenters. The first-order valence-electron chi connectivity index (χ1n) is 5.55. The molecule has 2 rings (SSSR count). The Morgan fingerprint density at radius 2 is 2.07 bits per heavy atom. The quantitative estimate of drug-likeness (QED) is 0.819. The fourth-order valence-electron chi connectivity index (χ4n) is 2.34. The van der Waals surface area contributed by atoms with Crippen LogP contribution >= 0.6 is 11.6 Å². The molecule has 1 aromatic carbocycles. The number of hydrogen-bond donors (Lipinski definition) is 1. The molecular formula is C13H18ClN. The lowest BCUT2D eigenvalue weighted by atomic mass is 9.94. The average molecular weight is 224 g/mol. The van der Waals surface area contributed by atoms with Gasteiger partial charge in [-0.1, -0.05) is 17.7 Å². The summed E-state index contributed by atoms with van der Waals surface area (Å²) in [5, 5.41) is 0.934. The summed E-state index contributed by atoms with van der Waals surface area (Å²) in [5.41, 5.74) is 9.92. The predicted octanol–water partition coefficient (Wildman–Crippen LogP) is 3.11. The van der Waals surface area contributed by atoms with Crippen molar-refractivity contribution in [2.45, 2.75) is 45.1 Å². The van der Waals surface area contributed by atoms with Crippen LogP contribution in [0.3, 0.4) is 0 Å². The normalized spacial score (nSPS) is 15.5. The first-order valence-corrected chi connectivity index (χ1v) is 5.92. The van der Waals surface area contributed by atoms with Crippen LogP contribution in [0.4, 0.5) is 0 Å². The van der Waals surface area contributed by atoms with Gasteiger partial charge in [-0.3, -0.25) is 0 Å². The van der Waals surface area contributed by atoms with Crippen molar-refractivity contribution in [1.82, 2.24) is 0 Å². The third-order valence-corrected chi connectivity index (χ3v) is 3.22. The molecule has 1 aliphatic carbocycles. The summed E-state index contributed by atoms with van der Waals surface area (Å²) in [4.78, 5) is 0. The maximum absolute atomic E-state index is 6.26. The summed E-state index contributed by atoms with van der Waals surface area (Å²) in [6.45, 7) is 4.10. The van der Waals surface area contributed by atoms with Gasteiger partial charge in [0.25, 0.3) is 0 Å². The molecule has 0 atom stereocenters. The van der Waals surface area contributed by atoms with Gasteiger partial charge < -0.3 is 5.73 Å². The molecule has 15 heavy (non-hydrogen) atoms. The zero-order chi connectivity index (χ0) is 11.1. The molecule has 0 fully saturated rings. The van der Waals surface area contributed by atoms with E-state index in [2.05, 4.69) is 12.1 Å². The highest BCUT2D eigenvalue weighted by Crippen LogP contribution is 2.31. The molecule has 0 saturated carbocycles. The number of halogens is 1. The first kappa shape index (κ1) is 11.0. The smallest absolute Gasteiger partial charge is 0.0443 e. The number of aryl methyl sites for hydroxylation is 1. The van der Waals surface area contributed by atoms with Crippen LogP contribution in [0.2, 0.25) is 5.02 Å². The SMILES string of the molecule is CC(C)(N)Cc1cc(Cl)c2c(c1)CCC2. The lowest BCUT2D eigenvalue weighted by Gasteiger charge is -2.19. The highest BCUT2D eigenvalue weighted by molar-refractivity contribution is 6.31. The van der Waals surface area contributed by atoms with Crippen LogP contribution < -0.4 is 5.73 Å². The van der Waals surface area contributed by atoms with Crippen LogP contribution in [-0.4, -0.2) is 5.54 Å². The third-order valence-electron chi connectivity index (χ3n) is 2.88. The van der Waals surface area contributed by atoms with E-state index in [9.17, 15) is 0 Å². The molecule has 1 nitrogen and oxygen atoms in total. The number of benzene rings is 1. The fraction of sp³-hybridized carbons (Fsp3) is 0.538. The Balaban J connectivity index is 2.32. The van der Waals surface area contributed by atoms with Gasteiger partial charge in [0, 0.05) is 10.6 Å². The number of nitrogens with two attached hydrogens (primary N) is 1. The zero-order valence-corrected chi connectivity index (χ0v) is 10.2. The molecular weight excluding hydrogens is 206 g/mol. The standard InChI is InChI=1S/C13H18ClN/c1-13(2,15)8-9-6-10-4-3-5-11(10)12(14)7-9/h6-7H,3-5,8,15H2,1-2H3. The van der Waals surface area contributed by atoms with Gasteiger partial charge in [0.1, 0.15) is 0 Å². The molecule has 1 aromatic rings. The van der Waals surface area contributed by atoms with Crippen molar-refractivity contribution >= 4 is 11.6 Å². The molecule has 0 bridgehead atoms. The third kappa shape index (κ3) is 2.53. The van der Waals surface area contributed by atoms with Crippen molar-refractivity contribution in [1.29, 1.82) is 0 Å². The highest BCUT2D eigenvalue weighted by Gasteiger charge is 2.18. The Labute approximate surface area is 96.6 Å². The maximum Gasteiger partial charge on any atom is 0.0443 e. The minimum absolute atomic E-state index is 0.157. The second-order valence-corrected chi connectivity index (χ2v) is 5.64. The Bertz CT molecular complexity index is 377. The van der Waals surface area contributed by atoms with E-state index in [0.717, 1.165) is 17.9 Å². The summed E-state index contributed by atoms with van der Waals surface area (Å²) in [5.74, 6) is 0. The topological polar surface area (TPSA) is 26.0 Å². The lowest BCUT2D eigenvalue weighted by molar-refractivity contribution is 0.516. The van der Waals surface area contributed by atoms with Crippen molar-refractivity contribution in [3.63, 3.8) is 0 Å². The number of fused-ring (bicyclic) bond motifs is 1. The molecule has 0 amide bonds. The number of hydrogen-bond acceptors (Lipinski definition) is 1. The molecule has 0 saturated heterocycles. The largest absolute Gasteiger partial charge is 0.325 e. The summed E-state index contributed by atoms with van der Waals surface area (Å²) >= 11 is 6.26. The van der Waals surface area contributed by atoms with Crippen LogP contribution in [0.5, 0.6) is 0 Å². The predicted molar refractivity (Wildman–Crippen MR) is 65.4 cm³/mol. The van der Waals surface area contributed by atoms with Gasteiger partial charge >= 0.3 is 0 Å². The second kappa shape index (κ2) is 3.80. The number of rotatable bonds is 2. The van der Waals surface area contributed by atoms with E-state index in [1.807, 2.05) is 13.8 Å². The fourth-order valence-corrected chi connectivity index (χ4v) is 2.70. The molecule has 2 heteroatoms. The van der Waals surface area contributed by atoms with Crippen molar-refractivity contribution < 1.29 is 0 Å². The summed E-state index contributed by atoms with van der Waals surface area (Å²) in [7, 11) is 0. The minimum atomic E-state index is -0.157. The van der Waals surface area contributed by atoms with Gasteiger partial charge in [0.2, 0.25) is 0 Å². The van der Waals surface area contributed by atoms with Crippen LogP contribution in [-0.2, 0) is 19.3 Å². The summed E-state index contributed by atoms with van der Waals surface area (Å²) in [6.07, 6.45) is 4.44. The van der Waals surface area contributed by atoms with Crippen LogP contribution in [0, 0.1) is 0 Å². The van der Waals surface area contributed by atoms with Crippen molar-refractivity contribution in [3.8, 4) is 0 Å². The molecule has 2 N–H and O–H groups in total. The second-order valence-electron chi connectivity index (χ2n) is 5.23. The summed E-state index contributed by atoms with van der Waals surface area (Å²) in [6, 6.07) is 4.36. The molecule has 82 valence electrons. The van der Waals surface area contributed by atoms with Gasteiger partial charge in [-0.2, -0.15) is 0 Å². The van der Waals surface area contributed by atoms with E-state index >= 15 is 0 Å². The minimum Gasteiger partial charge on any atom is -0.325 e. The van der Waals surface area contributed by atoms with Gasteiger partial charge in [0.15, 0.2) is 0 Å². The van der Waals surface area contributed by atoms with E-state index in [4.69, 9.17) is 17.3 Å². The summed E-state index contributed by atoms with van der Waals surface area (Å²) < 4.78 is 0. The van der Waals surface area contributed by atoms with E-state index in [1.165, 1.54) is 29.5 Å². The Morgan fingerprint density at radius 3 is 2.73 bits per heavy atom. The molecule has 0 heterocycles. The van der Waals surface area contributed by atoms with Gasteiger partial charge in [0.05, 0.1) is 0 Å². The molecule has 0 aromatic heterocycles. The van der Waals surface area contributed by atoms with Crippen molar-refractivity contribution in [2.24, 2.45) is 5.73 Å². The molecule has 0 aliphatic heterocycles. The lowest BCUT2D eigenvalue weighted by Crippen LogP contribution is -2.34. The van der Waals surface area contributed by atoms with Crippen LogP contribution in [0.15, 0.2) is 12.1 Å². The highest BCUT2D eigenvalue weighted by atomic mass is 35.5. The van der Waals surface area contributed by atoms with Crippen molar-refractivity contribution in [2.75, 3.05) is 0 Å². The van der Waals surface area contributed by atoms with Crippen LogP contribution in [0.25, 0.3) is 0 Å². The zero-order valence-electron chi connectivity index (χ0n) is 9.44. The molecule has 0 spiro atoms. The Hall–Kier alpha value is -0.530. The van der Waals surface area contributed by atoms with Gasteiger partial charge in [-0.25, -0.2) is 0 Å². The molecule has 0 radical (unpaired) electrons. The van der Waals surface area contributed by atoms with Crippen LogP contribution in [0.1, 0.15) is 37.0 Å². The Kier molecular flexibility index (Phi) is 2.78. The van der Waals surface area contributed by atoms with Gasteiger partial charge in [-0.15, -0.1) is 0 Å². The van der Waals surface area contributed by atoms with E-state index < -0.39 is 0 Å². The van der Waals surface area contributed by atoms with Gasteiger partial charge in [-0.05, 0) is 62.3 Å². The first-order chi connectivity index (χ1) is 6.96. The van der Waals surface area contributed by atoms with E-state index in [1.54, 1.807) is 0 Å². The average Bonchev–Trinajstić information content (AvgIpc) is 2.48.